The van der Waals surface area contributed by atoms with E-state index in [4.69, 9.17) is 15.2 Å². The molecule has 40 heavy (non-hydrogen) atoms. The Morgan fingerprint density at radius 1 is 1.10 bits per heavy atom. The Morgan fingerprint density at radius 3 is 2.55 bits per heavy atom. The third-order valence-electron chi connectivity index (χ3n) is 7.12. The van der Waals surface area contributed by atoms with Crippen molar-refractivity contribution in [2.45, 2.75) is 32.4 Å². The van der Waals surface area contributed by atoms with E-state index in [0.717, 1.165) is 11.3 Å². The molecule has 1 aliphatic rings. The fourth-order valence-electron chi connectivity index (χ4n) is 5.14. The number of ether oxygens (including phenoxy) is 2. The number of halogens is 1. The molecular formula is C31H30FN3O4S. The highest BCUT2D eigenvalue weighted by Crippen LogP contribution is 2.48. The fraction of sp³-hybridized carbons (Fsp3) is 0.226. The number of hydrogen-bond acceptors (Lipinski definition) is 7. The summed E-state index contributed by atoms with van der Waals surface area (Å²) in [6.07, 6.45) is 0. The van der Waals surface area contributed by atoms with Gasteiger partial charge in [-0.05, 0) is 79.2 Å². The number of fused-ring (bicyclic) bond motifs is 1. The summed E-state index contributed by atoms with van der Waals surface area (Å²) in [6.45, 7) is 5.51. The van der Waals surface area contributed by atoms with Gasteiger partial charge in [0.05, 0.1) is 24.5 Å². The number of anilines is 2. The maximum absolute atomic E-state index is 14.4. The van der Waals surface area contributed by atoms with E-state index in [2.05, 4.69) is 5.32 Å². The van der Waals surface area contributed by atoms with Crippen LogP contribution in [0.4, 0.5) is 15.8 Å². The molecule has 0 saturated carbocycles. The predicted octanol–water partition coefficient (Wildman–Crippen LogP) is 6.31. The number of likely N-dealkylation sites (N-methyl/N-ethyl adjacent to an activating group) is 1. The molecule has 1 aliphatic heterocycles. The molecule has 0 spiro atoms. The van der Waals surface area contributed by atoms with Gasteiger partial charge < -0.3 is 25.4 Å². The van der Waals surface area contributed by atoms with Gasteiger partial charge in [-0.3, -0.25) is 4.79 Å². The largest absolute Gasteiger partial charge is 0.496 e. The van der Waals surface area contributed by atoms with Gasteiger partial charge in [0.25, 0.3) is 5.91 Å². The van der Waals surface area contributed by atoms with Crippen LogP contribution in [0.25, 0.3) is 11.1 Å². The normalized spacial score (nSPS) is 14.8. The molecule has 0 aliphatic carbocycles. The number of nitrogens with one attached hydrogen (secondary N) is 1. The van der Waals surface area contributed by atoms with E-state index in [-0.39, 0.29) is 5.91 Å². The summed E-state index contributed by atoms with van der Waals surface area (Å²) < 4.78 is 25.7. The molecule has 1 amide bonds. The Morgan fingerprint density at radius 2 is 1.85 bits per heavy atom. The van der Waals surface area contributed by atoms with Crippen LogP contribution in [0.15, 0.2) is 66.0 Å². The van der Waals surface area contributed by atoms with Crippen LogP contribution in [0.2, 0.25) is 0 Å². The highest BCUT2D eigenvalue weighted by molar-refractivity contribution is 7.12. The summed E-state index contributed by atoms with van der Waals surface area (Å²) in [5, 5.41) is 5.14. The number of thiophene rings is 1. The predicted molar refractivity (Wildman–Crippen MR) is 156 cm³/mol. The molecule has 1 aromatic heterocycles. The Bertz CT molecular complexity index is 1620. The van der Waals surface area contributed by atoms with Crippen molar-refractivity contribution in [1.29, 1.82) is 0 Å². The maximum atomic E-state index is 14.4. The highest BCUT2D eigenvalue weighted by Gasteiger charge is 2.39. The van der Waals surface area contributed by atoms with E-state index in [1.54, 1.807) is 53.7 Å². The number of nitrogens with two attached hydrogens (primary N) is 1. The number of esters is 1. The summed E-state index contributed by atoms with van der Waals surface area (Å²) in [6, 6.07) is 16.1. The van der Waals surface area contributed by atoms with Crippen LogP contribution in [-0.4, -0.2) is 31.6 Å². The summed E-state index contributed by atoms with van der Waals surface area (Å²) in [5.41, 5.74) is 10.9. The number of nitrogens with zero attached hydrogens (tertiary/aromatic N) is 1. The number of aryl methyl sites for hydroxylation is 1. The molecule has 1 atom stereocenters. The molecule has 2 heterocycles. The minimum Gasteiger partial charge on any atom is -0.496 e. The van der Waals surface area contributed by atoms with Gasteiger partial charge in [-0.25, -0.2) is 9.18 Å². The van der Waals surface area contributed by atoms with Gasteiger partial charge in [-0.15, -0.1) is 11.3 Å². The zero-order valence-corrected chi connectivity index (χ0v) is 23.7. The Labute approximate surface area is 236 Å². The molecule has 5 rings (SSSR count). The molecule has 206 valence electrons. The first kappa shape index (κ1) is 27.4. The molecule has 4 aromatic rings. The number of carbonyl (C=O) groups excluding carboxylic acids is 2. The van der Waals surface area contributed by atoms with Crippen molar-refractivity contribution in [3.8, 4) is 22.6 Å². The van der Waals surface area contributed by atoms with Crippen molar-refractivity contribution in [2.75, 3.05) is 24.4 Å². The van der Waals surface area contributed by atoms with Crippen molar-refractivity contribution in [3.05, 3.63) is 93.4 Å². The number of benzene rings is 3. The molecule has 3 aromatic carbocycles. The van der Waals surface area contributed by atoms with Gasteiger partial charge in [0.15, 0.2) is 0 Å². The summed E-state index contributed by atoms with van der Waals surface area (Å²) in [4.78, 5) is 28.0. The molecule has 3 N–H and O–H groups in total. The first-order valence-electron chi connectivity index (χ1n) is 12.7. The van der Waals surface area contributed by atoms with Crippen LogP contribution < -0.4 is 25.4 Å². The van der Waals surface area contributed by atoms with Gasteiger partial charge in [-0.1, -0.05) is 18.2 Å². The number of hydrogen-bond donors (Lipinski definition) is 2. The van der Waals surface area contributed by atoms with E-state index in [0.29, 0.717) is 44.3 Å². The van der Waals surface area contributed by atoms with Crippen LogP contribution in [0.5, 0.6) is 11.5 Å². The van der Waals surface area contributed by atoms with Crippen LogP contribution in [-0.2, 0) is 4.79 Å². The lowest BCUT2D eigenvalue weighted by molar-refractivity contribution is -0.121. The Kier molecular flexibility index (Phi) is 7.12. The van der Waals surface area contributed by atoms with Gasteiger partial charge in [0.1, 0.15) is 27.7 Å². The molecule has 1 unspecified atom stereocenters. The minimum absolute atomic E-state index is 0.135. The lowest BCUT2D eigenvalue weighted by atomic mass is 9.85. The standard InChI is InChI=1S/C31H30FN3O4S/c1-17-8-9-18(32)15-22(17)27(33)26-21(12-13-23-28(26)35(4)30(37)31(2,3)34-23)20-11-10-19(16-24(20)38-5)39-29(36)25-7-6-14-40-25/h6-16,27,34H,33H2,1-5H3. The second-order valence-corrected chi connectivity index (χ2v) is 11.2. The van der Waals surface area contributed by atoms with Crippen LogP contribution in [0, 0.1) is 12.7 Å². The lowest BCUT2D eigenvalue weighted by Crippen LogP contribution is -2.53. The minimum atomic E-state index is -0.828. The first-order valence-corrected chi connectivity index (χ1v) is 13.6. The molecule has 0 saturated heterocycles. The van der Waals surface area contributed by atoms with Crippen LogP contribution in [0.1, 0.15) is 46.3 Å². The van der Waals surface area contributed by atoms with Crippen molar-refractivity contribution >= 4 is 34.6 Å². The van der Waals surface area contributed by atoms with Crippen molar-refractivity contribution < 1.29 is 23.5 Å². The van der Waals surface area contributed by atoms with E-state index < -0.39 is 23.4 Å². The topological polar surface area (TPSA) is 93.9 Å². The van der Waals surface area contributed by atoms with Crippen molar-refractivity contribution in [3.63, 3.8) is 0 Å². The third kappa shape index (κ3) is 4.82. The molecule has 7 nitrogen and oxygen atoms in total. The van der Waals surface area contributed by atoms with Crippen molar-refractivity contribution in [1.82, 2.24) is 0 Å². The molecule has 0 radical (unpaired) electrons. The average Bonchev–Trinajstić information content (AvgIpc) is 3.47. The zero-order valence-electron chi connectivity index (χ0n) is 22.9. The van der Waals surface area contributed by atoms with E-state index >= 15 is 0 Å². The number of rotatable bonds is 6. The zero-order chi connectivity index (χ0) is 28.8. The van der Waals surface area contributed by atoms with Crippen LogP contribution in [0.3, 0.4) is 0 Å². The quantitative estimate of drug-likeness (QED) is 0.213. The van der Waals surface area contributed by atoms with E-state index in [1.165, 1.54) is 30.6 Å². The van der Waals surface area contributed by atoms with Gasteiger partial charge in [0, 0.05) is 24.2 Å². The number of methoxy groups -OCH3 is 1. The van der Waals surface area contributed by atoms with E-state index in [9.17, 15) is 14.0 Å². The summed E-state index contributed by atoms with van der Waals surface area (Å²) >= 11 is 1.29. The second-order valence-electron chi connectivity index (χ2n) is 10.2. The average molecular weight is 560 g/mol. The van der Waals surface area contributed by atoms with Gasteiger partial charge in [-0.2, -0.15) is 0 Å². The van der Waals surface area contributed by atoms with E-state index in [1.807, 2.05) is 32.9 Å². The highest BCUT2D eigenvalue weighted by atomic mass is 32.1. The molecule has 0 fully saturated rings. The monoisotopic (exact) mass is 559 g/mol. The SMILES string of the molecule is COc1cc(OC(=O)c2cccs2)ccc1-c1ccc2c(c1C(N)c1cc(F)ccc1C)N(C)C(=O)C(C)(C)N2. The second kappa shape index (κ2) is 10.4. The van der Waals surface area contributed by atoms with Gasteiger partial charge in [0.2, 0.25) is 0 Å². The van der Waals surface area contributed by atoms with Crippen LogP contribution >= 0.6 is 11.3 Å². The fourth-order valence-corrected chi connectivity index (χ4v) is 5.74. The Hall–Kier alpha value is -4.21. The van der Waals surface area contributed by atoms with Crippen molar-refractivity contribution in [2.24, 2.45) is 5.73 Å². The molecule has 9 heteroatoms. The third-order valence-corrected chi connectivity index (χ3v) is 7.97. The lowest BCUT2D eigenvalue weighted by Gasteiger charge is -2.40. The maximum Gasteiger partial charge on any atom is 0.353 e. The summed E-state index contributed by atoms with van der Waals surface area (Å²) in [7, 11) is 3.24. The Balaban J connectivity index is 1.69. The number of carbonyl (C=O) groups is 2. The first-order chi connectivity index (χ1) is 19.0. The molecule has 0 bridgehead atoms. The number of amides is 1. The van der Waals surface area contributed by atoms with Gasteiger partial charge >= 0.3 is 5.97 Å². The summed E-state index contributed by atoms with van der Waals surface area (Å²) in [5.74, 6) is -0.236. The molecular weight excluding hydrogens is 529 g/mol. The smallest absolute Gasteiger partial charge is 0.353 e.